The first-order valence-corrected chi connectivity index (χ1v) is 10.8. The van der Waals surface area contributed by atoms with Crippen LogP contribution in [0.5, 0.6) is 0 Å². The number of halogens is 2. The first kappa shape index (κ1) is 19.7. The van der Waals surface area contributed by atoms with Crippen LogP contribution in [0.2, 0.25) is 0 Å². The number of carbonyl (C=O) groups excluding carboxylic acids is 1. The van der Waals surface area contributed by atoms with Crippen molar-refractivity contribution in [2.24, 2.45) is 0 Å². The molecule has 0 atom stereocenters. The Morgan fingerprint density at radius 3 is 2.64 bits per heavy atom. The van der Waals surface area contributed by atoms with Crippen LogP contribution in [-0.4, -0.2) is 39.5 Å². The Labute approximate surface area is 178 Å². The molecule has 1 aromatic carbocycles. The summed E-state index contributed by atoms with van der Waals surface area (Å²) in [6, 6.07) is 4.94. The zero-order valence-electron chi connectivity index (χ0n) is 16.5. The van der Waals surface area contributed by atoms with Gasteiger partial charge in [-0.05, 0) is 92.8 Å². The summed E-state index contributed by atoms with van der Waals surface area (Å²) >= 11 is 2.40. The number of nitrogens with zero attached hydrogens (tertiary/aromatic N) is 3. The molecular formula is C21H25FIN3O2. The number of hydrogen-bond donors (Lipinski definition) is 0. The van der Waals surface area contributed by atoms with E-state index in [1.807, 2.05) is 31.5 Å². The molecule has 28 heavy (non-hydrogen) atoms. The SMILES string of the molecule is CC(C)(C)OC(=O)N1CCC(c2nn3c(c2I)CCc2cc(F)ccc2-3)CC1. The van der Waals surface area contributed by atoms with Crippen molar-refractivity contribution in [1.29, 1.82) is 0 Å². The fourth-order valence-corrected chi connectivity index (χ4v) is 5.05. The van der Waals surface area contributed by atoms with Gasteiger partial charge < -0.3 is 9.64 Å². The number of benzene rings is 1. The molecule has 5 nitrogen and oxygen atoms in total. The van der Waals surface area contributed by atoms with Gasteiger partial charge in [0, 0.05) is 19.0 Å². The number of hydrogen-bond acceptors (Lipinski definition) is 3. The van der Waals surface area contributed by atoms with E-state index in [4.69, 9.17) is 9.84 Å². The van der Waals surface area contributed by atoms with Crippen LogP contribution in [0.4, 0.5) is 9.18 Å². The van der Waals surface area contributed by atoms with E-state index < -0.39 is 5.60 Å². The molecule has 4 rings (SSSR count). The molecule has 2 aliphatic heterocycles. The number of piperidine rings is 1. The van der Waals surface area contributed by atoms with Gasteiger partial charge in [0.1, 0.15) is 11.4 Å². The third kappa shape index (κ3) is 3.77. The lowest BCUT2D eigenvalue weighted by Crippen LogP contribution is -2.41. The molecule has 2 aliphatic rings. The topological polar surface area (TPSA) is 47.4 Å². The second kappa shape index (κ2) is 7.31. The van der Waals surface area contributed by atoms with E-state index >= 15 is 0 Å². The molecule has 0 N–H and O–H groups in total. The van der Waals surface area contributed by atoms with Gasteiger partial charge in [-0.2, -0.15) is 5.10 Å². The maximum absolute atomic E-state index is 13.6. The Morgan fingerprint density at radius 2 is 1.96 bits per heavy atom. The van der Waals surface area contributed by atoms with Gasteiger partial charge in [-0.15, -0.1) is 0 Å². The lowest BCUT2D eigenvalue weighted by molar-refractivity contribution is 0.0204. The largest absolute Gasteiger partial charge is 0.444 e. The van der Waals surface area contributed by atoms with Crippen LogP contribution in [-0.2, 0) is 17.6 Å². The van der Waals surface area contributed by atoms with Gasteiger partial charge in [-0.1, -0.05) is 0 Å². The minimum Gasteiger partial charge on any atom is -0.444 e. The molecule has 2 aromatic rings. The van der Waals surface area contributed by atoms with Crippen LogP contribution in [0.25, 0.3) is 5.69 Å². The molecular weight excluding hydrogens is 472 g/mol. The Hall–Kier alpha value is -1.64. The van der Waals surface area contributed by atoms with Gasteiger partial charge in [-0.25, -0.2) is 13.9 Å². The summed E-state index contributed by atoms with van der Waals surface area (Å²) in [5, 5.41) is 4.93. The molecule has 0 saturated carbocycles. The van der Waals surface area contributed by atoms with Gasteiger partial charge in [0.15, 0.2) is 0 Å². The van der Waals surface area contributed by atoms with Crippen molar-refractivity contribution < 1.29 is 13.9 Å². The summed E-state index contributed by atoms with van der Waals surface area (Å²) in [7, 11) is 0. The number of likely N-dealkylation sites (tertiary alicyclic amines) is 1. The molecule has 0 radical (unpaired) electrons. The lowest BCUT2D eigenvalue weighted by atomic mass is 9.93. The molecule has 3 heterocycles. The number of ether oxygens (including phenoxy) is 1. The average molecular weight is 497 g/mol. The monoisotopic (exact) mass is 497 g/mol. The van der Waals surface area contributed by atoms with Crippen molar-refractivity contribution in [2.75, 3.05) is 13.1 Å². The number of fused-ring (bicyclic) bond motifs is 3. The van der Waals surface area contributed by atoms with Crippen molar-refractivity contribution >= 4 is 28.7 Å². The normalized spacial score (nSPS) is 17.2. The van der Waals surface area contributed by atoms with E-state index in [2.05, 4.69) is 22.6 Å². The summed E-state index contributed by atoms with van der Waals surface area (Å²) in [5.41, 5.74) is 3.84. The van der Waals surface area contributed by atoms with E-state index in [0.717, 1.165) is 42.6 Å². The van der Waals surface area contributed by atoms with E-state index in [-0.39, 0.29) is 11.9 Å². The maximum Gasteiger partial charge on any atom is 0.410 e. The quantitative estimate of drug-likeness (QED) is 0.531. The van der Waals surface area contributed by atoms with Gasteiger partial charge in [0.2, 0.25) is 0 Å². The molecule has 7 heteroatoms. The van der Waals surface area contributed by atoms with E-state index in [9.17, 15) is 9.18 Å². The first-order chi connectivity index (χ1) is 13.2. The summed E-state index contributed by atoms with van der Waals surface area (Å²) < 4.78 is 22.3. The molecule has 1 saturated heterocycles. The number of rotatable bonds is 1. The second-order valence-corrected chi connectivity index (χ2v) is 9.65. The van der Waals surface area contributed by atoms with Crippen LogP contribution in [0.15, 0.2) is 18.2 Å². The Kier molecular flexibility index (Phi) is 5.14. The smallest absolute Gasteiger partial charge is 0.410 e. The van der Waals surface area contributed by atoms with Crippen LogP contribution in [0, 0.1) is 9.39 Å². The predicted molar refractivity (Wildman–Crippen MR) is 113 cm³/mol. The maximum atomic E-state index is 13.6. The van der Waals surface area contributed by atoms with Crippen LogP contribution in [0.3, 0.4) is 0 Å². The number of amides is 1. The van der Waals surface area contributed by atoms with Crippen molar-refractivity contribution in [3.05, 3.63) is 44.5 Å². The second-order valence-electron chi connectivity index (χ2n) is 8.57. The number of aromatic nitrogens is 2. The first-order valence-electron chi connectivity index (χ1n) is 9.77. The highest BCUT2D eigenvalue weighted by Crippen LogP contribution is 2.36. The molecule has 150 valence electrons. The highest BCUT2D eigenvalue weighted by molar-refractivity contribution is 14.1. The Bertz CT molecular complexity index is 911. The molecule has 0 aliphatic carbocycles. The Morgan fingerprint density at radius 1 is 1.25 bits per heavy atom. The minimum atomic E-state index is -0.473. The van der Waals surface area contributed by atoms with Crippen LogP contribution < -0.4 is 0 Å². The van der Waals surface area contributed by atoms with Crippen molar-refractivity contribution in [2.45, 2.75) is 58.0 Å². The Balaban J connectivity index is 1.52. The van der Waals surface area contributed by atoms with Crippen molar-refractivity contribution in [1.82, 2.24) is 14.7 Å². The van der Waals surface area contributed by atoms with Crippen LogP contribution in [0.1, 0.15) is 56.5 Å². The fraction of sp³-hybridized carbons (Fsp3) is 0.524. The van der Waals surface area contributed by atoms with Gasteiger partial charge in [0.05, 0.1) is 20.6 Å². The van der Waals surface area contributed by atoms with E-state index in [1.165, 1.54) is 15.3 Å². The third-order valence-electron chi connectivity index (χ3n) is 5.38. The molecule has 1 amide bonds. The molecule has 0 spiro atoms. The predicted octanol–water partition coefficient (Wildman–Crippen LogP) is 4.83. The van der Waals surface area contributed by atoms with Gasteiger partial charge in [0.25, 0.3) is 0 Å². The molecule has 1 aromatic heterocycles. The van der Waals surface area contributed by atoms with Gasteiger partial charge in [-0.3, -0.25) is 0 Å². The minimum absolute atomic E-state index is 0.196. The average Bonchev–Trinajstić information content (AvgIpc) is 2.97. The summed E-state index contributed by atoms with van der Waals surface area (Å²) in [6.45, 7) is 7.03. The highest BCUT2D eigenvalue weighted by atomic mass is 127. The summed E-state index contributed by atoms with van der Waals surface area (Å²) in [6.07, 6.45) is 3.23. The highest BCUT2D eigenvalue weighted by Gasteiger charge is 2.32. The molecule has 0 bridgehead atoms. The van der Waals surface area contributed by atoms with Crippen molar-refractivity contribution in [3.63, 3.8) is 0 Å². The zero-order chi connectivity index (χ0) is 20.1. The summed E-state index contributed by atoms with van der Waals surface area (Å²) in [5.74, 6) is 0.131. The van der Waals surface area contributed by atoms with Gasteiger partial charge >= 0.3 is 6.09 Å². The third-order valence-corrected chi connectivity index (χ3v) is 6.55. The number of carbonyl (C=O) groups is 1. The number of aryl methyl sites for hydroxylation is 1. The van der Waals surface area contributed by atoms with E-state index in [1.54, 1.807) is 11.0 Å². The molecule has 1 fully saturated rings. The van der Waals surface area contributed by atoms with E-state index in [0.29, 0.717) is 19.0 Å². The molecule has 0 unspecified atom stereocenters. The van der Waals surface area contributed by atoms with Crippen LogP contribution >= 0.6 is 22.6 Å². The standard InChI is InChI=1S/C21H25FIN3O2/c1-21(2,3)28-20(27)25-10-8-13(9-11-25)19-18(23)17-6-4-14-12-15(22)5-7-16(14)26(17)24-19/h5,7,12-13H,4,6,8-11H2,1-3H3. The van der Waals surface area contributed by atoms with Crippen molar-refractivity contribution in [3.8, 4) is 5.69 Å². The fourth-order valence-electron chi connectivity index (χ4n) is 4.00. The lowest BCUT2D eigenvalue weighted by Gasteiger charge is -2.33. The summed E-state index contributed by atoms with van der Waals surface area (Å²) in [4.78, 5) is 14.1. The zero-order valence-corrected chi connectivity index (χ0v) is 18.6.